The first kappa shape index (κ1) is 19.1. The molecule has 10 heteroatoms. The van der Waals surface area contributed by atoms with Crippen molar-refractivity contribution in [3.63, 3.8) is 0 Å². The van der Waals surface area contributed by atoms with Crippen LogP contribution in [0.5, 0.6) is 0 Å². The molecule has 3 aromatic heterocycles. The van der Waals surface area contributed by atoms with Crippen LogP contribution in [0.2, 0.25) is 0 Å². The predicted molar refractivity (Wildman–Crippen MR) is 109 cm³/mol. The standard InChI is InChI=1S/C19H21N7O2S/c1-13-20-6-8-25(13)16-4-3-14(10-22-16)11-23-17(27)9-15-12-29-19(24-15)26-7-2-5-21-18(26)28/h3-4,6,8,10,12H,2,5,7,9,11H2,1H3,(H,21,28)(H,23,27). The van der Waals surface area contributed by atoms with Gasteiger partial charge in [-0.1, -0.05) is 6.07 Å². The summed E-state index contributed by atoms with van der Waals surface area (Å²) in [7, 11) is 0. The Morgan fingerprint density at radius 3 is 2.97 bits per heavy atom. The number of amides is 3. The molecule has 29 heavy (non-hydrogen) atoms. The van der Waals surface area contributed by atoms with E-state index in [1.807, 2.05) is 35.2 Å². The molecule has 0 spiro atoms. The second-order valence-corrected chi connectivity index (χ2v) is 7.52. The van der Waals surface area contributed by atoms with Gasteiger partial charge < -0.3 is 10.6 Å². The molecule has 4 rings (SSSR count). The van der Waals surface area contributed by atoms with E-state index < -0.39 is 0 Å². The summed E-state index contributed by atoms with van der Waals surface area (Å²) < 4.78 is 1.89. The molecule has 1 saturated heterocycles. The lowest BCUT2D eigenvalue weighted by Crippen LogP contribution is -2.46. The largest absolute Gasteiger partial charge is 0.352 e. The highest BCUT2D eigenvalue weighted by Gasteiger charge is 2.22. The number of nitrogens with zero attached hydrogens (tertiary/aromatic N) is 5. The van der Waals surface area contributed by atoms with Gasteiger partial charge in [-0.15, -0.1) is 11.3 Å². The summed E-state index contributed by atoms with van der Waals surface area (Å²) in [6.07, 6.45) is 6.38. The minimum Gasteiger partial charge on any atom is -0.352 e. The van der Waals surface area contributed by atoms with Gasteiger partial charge in [0, 0.05) is 43.6 Å². The highest BCUT2D eigenvalue weighted by molar-refractivity contribution is 7.14. The van der Waals surface area contributed by atoms with Crippen LogP contribution in [0, 0.1) is 6.92 Å². The van der Waals surface area contributed by atoms with Crippen molar-refractivity contribution in [3.05, 3.63) is 53.2 Å². The van der Waals surface area contributed by atoms with E-state index in [9.17, 15) is 9.59 Å². The van der Waals surface area contributed by atoms with E-state index in [0.29, 0.717) is 30.5 Å². The van der Waals surface area contributed by atoms with E-state index in [4.69, 9.17) is 0 Å². The van der Waals surface area contributed by atoms with Crippen LogP contribution in [-0.2, 0) is 17.8 Å². The summed E-state index contributed by atoms with van der Waals surface area (Å²) in [6.45, 7) is 3.64. The Labute approximate surface area is 171 Å². The third-order valence-electron chi connectivity index (χ3n) is 4.56. The molecule has 3 aromatic rings. The Bertz CT molecular complexity index is 1010. The smallest absolute Gasteiger partial charge is 0.323 e. The topological polar surface area (TPSA) is 105 Å². The number of pyridine rings is 1. The van der Waals surface area contributed by atoms with Gasteiger partial charge in [-0.2, -0.15) is 0 Å². The van der Waals surface area contributed by atoms with Gasteiger partial charge in [-0.3, -0.25) is 14.3 Å². The number of aryl methyl sites for hydroxylation is 1. The van der Waals surface area contributed by atoms with Crippen molar-refractivity contribution in [2.24, 2.45) is 0 Å². The monoisotopic (exact) mass is 411 g/mol. The molecule has 0 aliphatic carbocycles. The fraction of sp³-hybridized carbons (Fsp3) is 0.316. The summed E-state index contributed by atoms with van der Waals surface area (Å²) in [6, 6.07) is 3.69. The van der Waals surface area contributed by atoms with Gasteiger partial charge in [0.25, 0.3) is 0 Å². The molecule has 0 radical (unpaired) electrons. The van der Waals surface area contributed by atoms with Crippen molar-refractivity contribution in [2.45, 2.75) is 26.3 Å². The van der Waals surface area contributed by atoms with Crippen LogP contribution in [0.15, 0.2) is 36.1 Å². The molecule has 0 atom stereocenters. The van der Waals surface area contributed by atoms with E-state index >= 15 is 0 Å². The zero-order valence-corrected chi connectivity index (χ0v) is 16.8. The first-order valence-corrected chi connectivity index (χ1v) is 10.2. The average Bonchev–Trinajstić information content (AvgIpc) is 3.36. The Morgan fingerprint density at radius 2 is 2.24 bits per heavy atom. The molecular weight excluding hydrogens is 390 g/mol. The highest BCUT2D eigenvalue weighted by Crippen LogP contribution is 2.22. The van der Waals surface area contributed by atoms with Gasteiger partial charge in [-0.25, -0.2) is 19.7 Å². The zero-order chi connectivity index (χ0) is 20.2. The fourth-order valence-electron chi connectivity index (χ4n) is 3.02. The molecule has 0 aromatic carbocycles. The van der Waals surface area contributed by atoms with Crippen LogP contribution in [-0.4, -0.2) is 44.5 Å². The molecule has 3 amide bonds. The van der Waals surface area contributed by atoms with Crippen molar-refractivity contribution in [1.29, 1.82) is 0 Å². The number of rotatable bonds is 6. The summed E-state index contributed by atoms with van der Waals surface area (Å²) >= 11 is 1.37. The summed E-state index contributed by atoms with van der Waals surface area (Å²) in [5.74, 6) is 1.52. The number of imidazole rings is 1. The maximum atomic E-state index is 12.3. The van der Waals surface area contributed by atoms with Gasteiger partial charge in [-0.05, 0) is 25.0 Å². The maximum Gasteiger partial charge on any atom is 0.323 e. The molecule has 1 aliphatic heterocycles. The number of nitrogens with one attached hydrogen (secondary N) is 2. The van der Waals surface area contributed by atoms with Crippen LogP contribution in [0.4, 0.5) is 9.93 Å². The fourth-order valence-corrected chi connectivity index (χ4v) is 3.87. The van der Waals surface area contributed by atoms with E-state index in [1.165, 1.54) is 11.3 Å². The second-order valence-electron chi connectivity index (χ2n) is 6.68. The molecule has 0 bridgehead atoms. The van der Waals surface area contributed by atoms with Gasteiger partial charge >= 0.3 is 6.03 Å². The molecule has 9 nitrogen and oxygen atoms in total. The third-order valence-corrected chi connectivity index (χ3v) is 5.48. The normalized spacial score (nSPS) is 14.0. The number of anilines is 1. The van der Waals surface area contributed by atoms with E-state index in [-0.39, 0.29) is 18.4 Å². The minimum absolute atomic E-state index is 0.125. The van der Waals surface area contributed by atoms with Crippen molar-refractivity contribution >= 4 is 28.4 Å². The zero-order valence-electron chi connectivity index (χ0n) is 16.0. The Balaban J connectivity index is 1.30. The number of urea groups is 1. The lowest BCUT2D eigenvalue weighted by Gasteiger charge is -2.24. The molecule has 0 unspecified atom stereocenters. The van der Waals surface area contributed by atoms with E-state index in [2.05, 4.69) is 25.6 Å². The molecular formula is C19H21N7O2S. The number of hydrogen-bond donors (Lipinski definition) is 2. The minimum atomic E-state index is -0.136. The number of thiazole rings is 1. The SMILES string of the molecule is Cc1nccn1-c1ccc(CNC(=O)Cc2csc(N3CCCNC3=O)n2)cn1. The van der Waals surface area contributed by atoms with Crippen LogP contribution < -0.4 is 15.5 Å². The summed E-state index contributed by atoms with van der Waals surface area (Å²) in [5, 5.41) is 8.13. The quantitative estimate of drug-likeness (QED) is 0.644. The van der Waals surface area contributed by atoms with E-state index in [1.54, 1.807) is 17.3 Å². The molecule has 1 fully saturated rings. The molecule has 2 N–H and O–H groups in total. The van der Waals surface area contributed by atoms with E-state index in [0.717, 1.165) is 23.6 Å². The summed E-state index contributed by atoms with van der Waals surface area (Å²) in [4.78, 5) is 38.8. The first-order chi connectivity index (χ1) is 14.1. The lowest BCUT2D eigenvalue weighted by atomic mass is 10.2. The predicted octanol–water partition coefficient (Wildman–Crippen LogP) is 1.81. The third kappa shape index (κ3) is 4.43. The highest BCUT2D eigenvalue weighted by atomic mass is 32.1. The summed E-state index contributed by atoms with van der Waals surface area (Å²) in [5.41, 5.74) is 1.56. The number of carbonyl (C=O) groups is 2. The van der Waals surface area contributed by atoms with Crippen molar-refractivity contribution < 1.29 is 9.59 Å². The van der Waals surface area contributed by atoms with Crippen LogP contribution >= 0.6 is 11.3 Å². The van der Waals surface area contributed by atoms with Gasteiger partial charge in [0.05, 0.1) is 12.1 Å². The molecule has 0 saturated carbocycles. The van der Waals surface area contributed by atoms with Crippen LogP contribution in [0.1, 0.15) is 23.5 Å². The molecule has 150 valence electrons. The van der Waals surface area contributed by atoms with Crippen molar-refractivity contribution in [3.8, 4) is 5.82 Å². The Morgan fingerprint density at radius 1 is 1.34 bits per heavy atom. The number of aromatic nitrogens is 4. The Hall–Kier alpha value is -3.27. The average molecular weight is 411 g/mol. The lowest BCUT2D eigenvalue weighted by molar-refractivity contribution is -0.120. The van der Waals surface area contributed by atoms with Gasteiger partial charge in [0.15, 0.2) is 5.13 Å². The van der Waals surface area contributed by atoms with Crippen LogP contribution in [0.3, 0.4) is 0 Å². The van der Waals surface area contributed by atoms with Gasteiger partial charge in [0.1, 0.15) is 11.6 Å². The Kier molecular flexibility index (Phi) is 5.52. The number of carbonyl (C=O) groups excluding carboxylic acids is 2. The van der Waals surface area contributed by atoms with Crippen molar-refractivity contribution in [2.75, 3.05) is 18.0 Å². The van der Waals surface area contributed by atoms with Crippen LogP contribution in [0.25, 0.3) is 5.82 Å². The second kappa shape index (κ2) is 8.39. The number of hydrogen-bond acceptors (Lipinski definition) is 6. The first-order valence-electron chi connectivity index (χ1n) is 9.32. The molecule has 4 heterocycles. The van der Waals surface area contributed by atoms with Gasteiger partial charge in [0.2, 0.25) is 5.91 Å². The molecule has 1 aliphatic rings. The maximum absolute atomic E-state index is 12.3. The van der Waals surface area contributed by atoms with Crippen molar-refractivity contribution in [1.82, 2.24) is 30.2 Å².